The van der Waals surface area contributed by atoms with Crippen molar-refractivity contribution in [3.05, 3.63) is 81.1 Å². The van der Waals surface area contributed by atoms with Gasteiger partial charge in [-0.25, -0.2) is 13.6 Å². The molecule has 4 aromatic rings. The minimum absolute atomic E-state index is 0.0390. The third kappa shape index (κ3) is 5.42. The van der Waals surface area contributed by atoms with E-state index in [-0.39, 0.29) is 29.6 Å². The number of ether oxygens (including phenoxy) is 1. The van der Waals surface area contributed by atoms with Gasteiger partial charge in [0.15, 0.2) is 0 Å². The number of amides is 2. The van der Waals surface area contributed by atoms with Crippen LogP contribution in [0.5, 0.6) is 0 Å². The number of halogens is 3. The zero-order chi connectivity index (χ0) is 31.5. The van der Waals surface area contributed by atoms with Gasteiger partial charge < -0.3 is 19.5 Å². The smallest absolute Gasteiger partial charge is 0.407 e. The zero-order valence-electron chi connectivity index (χ0n) is 24.7. The fourth-order valence-electron chi connectivity index (χ4n) is 6.55. The van der Waals surface area contributed by atoms with Crippen LogP contribution in [0.1, 0.15) is 56.0 Å². The Hall–Kier alpha value is -3.98. The number of aryl methyl sites for hydroxylation is 1. The number of nitrogens with zero attached hydrogens (tertiary/aromatic N) is 3. The van der Waals surface area contributed by atoms with E-state index in [1.807, 2.05) is 28.8 Å². The summed E-state index contributed by atoms with van der Waals surface area (Å²) in [5.74, 6) is -1.35. The number of hydrogen-bond acceptors (Lipinski definition) is 4. The van der Waals surface area contributed by atoms with Gasteiger partial charge in [0.2, 0.25) is 0 Å². The van der Waals surface area contributed by atoms with E-state index in [0.717, 1.165) is 27.3 Å². The molecule has 2 saturated heterocycles. The zero-order valence-corrected chi connectivity index (χ0v) is 26.9. The molecule has 0 unspecified atom stereocenters. The summed E-state index contributed by atoms with van der Waals surface area (Å²) in [5.41, 5.74) is 2.09. The van der Waals surface area contributed by atoms with Gasteiger partial charge in [0, 0.05) is 39.4 Å². The number of rotatable bonds is 4. The number of nitrogens with one attached hydrogen (secondary N) is 1. The number of fused-ring (bicyclic) bond motifs is 3. The SMILES string of the molecule is Cn1cc(I)c2cc(-c3ccc(C(=O)N4[C@@H]5CC[C@H]4[C@@H](NC(=O)OC(C)(C)C)C5)cc3-c3ccc(C#N)c(F)c3)c(F)cc21. The molecule has 44 heavy (non-hydrogen) atoms. The first-order valence-corrected chi connectivity index (χ1v) is 15.5. The summed E-state index contributed by atoms with van der Waals surface area (Å²) in [6, 6.07) is 13.9. The van der Waals surface area contributed by atoms with Crippen molar-refractivity contribution in [2.75, 3.05) is 0 Å². The van der Waals surface area contributed by atoms with Gasteiger partial charge in [0.1, 0.15) is 23.3 Å². The molecule has 3 aromatic carbocycles. The Balaban J connectivity index is 1.40. The maximum atomic E-state index is 15.7. The van der Waals surface area contributed by atoms with Crippen molar-refractivity contribution in [2.24, 2.45) is 7.05 Å². The molecule has 10 heteroatoms. The monoisotopic (exact) mass is 708 g/mol. The van der Waals surface area contributed by atoms with Crippen LogP contribution in [0.4, 0.5) is 13.6 Å². The lowest BCUT2D eigenvalue weighted by Crippen LogP contribution is -2.46. The van der Waals surface area contributed by atoms with Gasteiger partial charge in [-0.05, 0) is 116 Å². The molecule has 0 radical (unpaired) electrons. The van der Waals surface area contributed by atoms with Crippen molar-refractivity contribution in [3.8, 4) is 28.3 Å². The lowest BCUT2D eigenvalue weighted by atomic mass is 9.91. The summed E-state index contributed by atoms with van der Waals surface area (Å²) in [4.78, 5) is 28.4. The van der Waals surface area contributed by atoms with Crippen molar-refractivity contribution >= 4 is 45.5 Å². The van der Waals surface area contributed by atoms with Gasteiger partial charge in [-0.2, -0.15) is 5.26 Å². The highest BCUT2D eigenvalue weighted by Crippen LogP contribution is 2.41. The van der Waals surface area contributed by atoms with Crippen LogP contribution in [-0.4, -0.2) is 45.2 Å². The van der Waals surface area contributed by atoms with Crippen molar-refractivity contribution < 1.29 is 23.1 Å². The fourth-order valence-corrected chi connectivity index (χ4v) is 7.40. The molecule has 0 spiro atoms. The number of aromatic nitrogens is 1. The second kappa shape index (κ2) is 11.2. The summed E-state index contributed by atoms with van der Waals surface area (Å²) >= 11 is 2.21. The van der Waals surface area contributed by atoms with Gasteiger partial charge >= 0.3 is 6.09 Å². The summed E-state index contributed by atoms with van der Waals surface area (Å²) in [7, 11) is 1.86. The lowest BCUT2D eigenvalue weighted by Gasteiger charge is -2.27. The Morgan fingerprint density at radius 2 is 1.80 bits per heavy atom. The lowest BCUT2D eigenvalue weighted by molar-refractivity contribution is 0.0484. The Morgan fingerprint density at radius 3 is 2.50 bits per heavy atom. The van der Waals surface area contributed by atoms with E-state index in [2.05, 4.69) is 27.9 Å². The first kappa shape index (κ1) is 30.1. The van der Waals surface area contributed by atoms with Crippen molar-refractivity contribution in [2.45, 2.75) is 63.8 Å². The Bertz CT molecular complexity index is 1870. The molecule has 1 N–H and O–H groups in total. The van der Waals surface area contributed by atoms with Crippen molar-refractivity contribution in [3.63, 3.8) is 0 Å². The van der Waals surface area contributed by atoms with Gasteiger partial charge in [0.05, 0.1) is 23.2 Å². The molecular weight excluding hydrogens is 677 g/mol. The highest BCUT2D eigenvalue weighted by molar-refractivity contribution is 14.1. The minimum atomic E-state index is -0.699. The van der Waals surface area contributed by atoms with E-state index in [4.69, 9.17) is 4.74 Å². The number of nitriles is 1. The molecule has 7 nitrogen and oxygen atoms in total. The molecule has 0 saturated carbocycles. The average Bonchev–Trinajstić information content (AvgIpc) is 3.61. The van der Waals surface area contributed by atoms with Gasteiger partial charge in [-0.3, -0.25) is 4.79 Å². The summed E-state index contributed by atoms with van der Waals surface area (Å²) < 4.78 is 38.8. The van der Waals surface area contributed by atoms with Crippen LogP contribution in [0, 0.1) is 26.5 Å². The predicted molar refractivity (Wildman–Crippen MR) is 172 cm³/mol. The number of hydrogen-bond donors (Lipinski definition) is 1. The van der Waals surface area contributed by atoms with Crippen LogP contribution in [0.2, 0.25) is 0 Å². The fraction of sp³-hybridized carbons (Fsp3) is 0.324. The largest absolute Gasteiger partial charge is 0.444 e. The standard InChI is InChI=1S/C34H31F2IN4O3/c1-34(2,3)44-33(43)39-29-13-21-8-10-30(29)41(21)32(42)19-7-9-22(23(11-19)18-5-6-20(16-38)26(35)12-18)24-14-25-28(37)17-40(4)31(25)15-27(24)36/h5-7,9,11-12,14-15,17,21,29-30H,8,10,13H2,1-4H3,(H,39,43)/t21-,29+,30+/m1/s1. The molecular formula is C34H31F2IN4O3. The molecule has 3 heterocycles. The Labute approximate surface area is 267 Å². The molecule has 2 aliphatic heterocycles. The summed E-state index contributed by atoms with van der Waals surface area (Å²) in [5, 5.41) is 13.1. The van der Waals surface area contributed by atoms with Crippen LogP contribution in [-0.2, 0) is 11.8 Å². The third-order valence-electron chi connectivity index (χ3n) is 8.46. The third-order valence-corrected chi connectivity index (χ3v) is 9.32. The highest BCUT2D eigenvalue weighted by Gasteiger charge is 2.49. The predicted octanol–water partition coefficient (Wildman–Crippen LogP) is 7.54. The van der Waals surface area contributed by atoms with E-state index in [1.165, 1.54) is 18.2 Å². The number of carbonyl (C=O) groups excluding carboxylic acids is 2. The maximum Gasteiger partial charge on any atom is 0.407 e. The first-order chi connectivity index (χ1) is 20.8. The van der Waals surface area contributed by atoms with Crippen LogP contribution in [0.3, 0.4) is 0 Å². The van der Waals surface area contributed by atoms with Gasteiger partial charge in [-0.15, -0.1) is 0 Å². The summed E-state index contributed by atoms with van der Waals surface area (Å²) in [6.45, 7) is 5.40. The first-order valence-electron chi connectivity index (χ1n) is 14.5. The van der Waals surface area contributed by atoms with E-state index in [9.17, 15) is 19.2 Å². The molecule has 3 atom stereocenters. The second-order valence-electron chi connectivity index (χ2n) is 12.5. The van der Waals surface area contributed by atoms with Crippen LogP contribution in [0.15, 0.2) is 54.7 Å². The topological polar surface area (TPSA) is 87.4 Å². The molecule has 0 aliphatic carbocycles. The van der Waals surface area contributed by atoms with Crippen LogP contribution < -0.4 is 5.32 Å². The normalized spacial score (nSPS) is 19.3. The van der Waals surface area contributed by atoms with E-state index >= 15 is 4.39 Å². The number of carbonyl (C=O) groups is 2. The number of benzene rings is 3. The highest BCUT2D eigenvalue weighted by atomic mass is 127. The molecule has 2 amide bonds. The quantitative estimate of drug-likeness (QED) is 0.222. The minimum Gasteiger partial charge on any atom is -0.444 e. The molecule has 6 rings (SSSR count). The number of alkyl carbamates (subject to hydrolysis) is 1. The van der Waals surface area contributed by atoms with Crippen LogP contribution >= 0.6 is 22.6 Å². The summed E-state index contributed by atoms with van der Waals surface area (Å²) in [6.07, 6.45) is 3.62. The molecule has 2 aliphatic rings. The van der Waals surface area contributed by atoms with E-state index in [0.29, 0.717) is 34.2 Å². The van der Waals surface area contributed by atoms with Crippen LogP contribution in [0.25, 0.3) is 33.2 Å². The van der Waals surface area contributed by atoms with E-state index < -0.39 is 23.3 Å². The Kier molecular flexibility index (Phi) is 7.64. The van der Waals surface area contributed by atoms with Crippen molar-refractivity contribution in [1.82, 2.24) is 14.8 Å². The maximum absolute atomic E-state index is 15.7. The second-order valence-corrected chi connectivity index (χ2v) is 13.7. The molecule has 226 valence electrons. The van der Waals surface area contributed by atoms with Crippen molar-refractivity contribution in [1.29, 1.82) is 5.26 Å². The van der Waals surface area contributed by atoms with Gasteiger partial charge in [-0.1, -0.05) is 12.1 Å². The average molecular weight is 709 g/mol. The van der Waals surface area contributed by atoms with Gasteiger partial charge in [0.25, 0.3) is 5.91 Å². The van der Waals surface area contributed by atoms with E-state index in [1.54, 1.807) is 51.1 Å². The Morgan fingerprint density at radius 1 is 1.02 bits per heavy atom. The molecule has 1 aromatic heterocycles. The molecule has 2 fully saturated rings. The molecule has 2 bridgehead atoms.